The van der Waals surface area contributed by atoms with Crippen LogP contribution in [0.4, 0.5) is 4.79 Å². The number of nitrogens with zero attached hydrogens (tertiary/aromatic N) is 2. The number of benzene rings is 1. The fourth-order valence-corrected chi connectivity index (χ4v) is 2.64. The van der Waals surface area contributed by atoms with Gasteiger partial charge in [0.1, 0.15) is 0 Å². The molecular weight excluding hydrogens is 298 g/mol. The van der Waals surface area contributed by atoms with Crippen LogP contribution in [-0.4, -0.2) is 55.1 Å². The molecule has 0 aromatic heterocycles. The molecule has 1 aliphatic heterocycles. The van der Waals surface area contributed by atoms with Crippen molar-refractivity contribution in [3.63, 3.8) is 0 Å². The van der Waals surface area contributed by atoms with E-state index in [-0.39, 0.29) is 6.03 Å². The molecule has 122 valence electrons. The summed E-state index contributed by atoms with van der Waals surface area (Å²) in [6.07, 6.45) is 1.02. The normalized spacial score (nSPS) is 16.1. The second-order valence-electron chi connectivity index (χ2n) is 6.29. The first-order valence-corrected chi connectivity index (χ1v) is 8.42. The summed E-state index contributed by atoms with van der Waals surface area (Å²) in [6, 6.07) is 8.11. The number of carbonyl (C=O) groups is 1. The predicted molar refractivity (Wildman–Crippen MR) is 91.4 cm³/mol. The molecule has 1 aromatic carbocycles. The van der Waals surface area contributed by atoms with Gasteiger partial charge in [0, 0.05) is 44.3 Å². The highest BCUT2D eigenvalue weighted by Crippen LogP contribution is 2.11. The van der Waals surface area contributed by atoms with E-state index in [1.54, 1.807) is 0 Å². The standard InChI is InChI=1S/C17H26ClN3O/c1-14(2)13-19-17(22)21-11-9-20(10-12-21)8-7-15-3-5-16(18)6-4-15/h3-6,14H,7-13H2,1-2H3,(H,19,22). The summed E-state index contributed by atoms with van der Waals surface area (Å²) in [5.41, 5.74) is 1.31. The van der Waals surface area contributed by atoms with Crippen molar-refractivity contribution in [3.05, 3.63) is 34.9 Å². The van der Waals surface area contributed by atoms with Gasteiger partial charge in [-0.05, 0) is 30.0 Å². The molecule has 0 radical (unpaired) electrons. The molecule has 2 rings (SSSR count). The van der Waals surface area contributed by atoms with E-state index in [0.29, 0.717) is 5.92 Å². The van der Waals surface area contributed by atoms with Gasteiger partial charge in [-0.1, -0.05) is 37.6 Å². The average Bonchev–Trinajstić information content (AvgIpc) is 2.52. The lowest BCUT2D eigenvalue weighted by Crippen LogP contribution is -2.52. The minimum Gasteiger partial charge on any atom is -0.338 e. The summed E-state index contributed by atoms with van der Waals surface area (Å²) in [4.78, 5) is 16.3. The zero-order valence-electron chi connectivity index (χ0n) is 13.5. The fraction of sp³-hybridized carbons (Fsp3) is 0.588. The average molecular weight is 324 g/mol. The third kappa shape index (κ3) is 5.50. The Morgan fingerprint density at radius 3 is 2.41 bits per heavy atom. The molecular formula is C17H26ClN3O. The lowest BCUT2D eigenvalue weighted by molar-refractivity contribution is 0.139. The summed E-state index contributed by atoms with van der Waals surface area (Å²) >= 11 is 5.90. The Balaban J connectivity index is 1.68. The number of hydrogen-bond acceptors (Lipinski definition) is 2. The molecule has 4 nitrogen and oxygen atoms in total. The van der Waals surface area contributed by atoms with Crippen LogP contribution in [0.1, 0.15) is 19.4 Å². The minimum atomic E-state index is 0.0750. The van der Waals surface area contributed by atoms with E-state index in [1.165, 1.54) is 5.56 Å². The first-order chi connectivity index (χ1) is 10.5. The van der Waals surface area contributed by atoms with Crippen molar-refractivity contribution >= 4 is 17.6 Å². The number of urea groups is 1. The van der Waals surface area contributed by atoms with Crippen LogP contribution in [0, 0.1) is 5.92 Å². The maximum absolute atomic E-state index is 12.0. The van der Waals surface area contributed by atoms with Crippen molar-refractivity contribution in [2.45, 2.75) is 20.3 Å². The molecule has 0 unspecified atom stereocenters. The number of halogens is 1. The largest absolute Gasteiger partial charge is 0.338 e. The fourth-order valence-electron chi connectivity index (χ4n) is 2.52. The number of carbonyl (C=O) groups excluding carboxylic acids is 1. The number of piperazine rings is 1. The lowest BCUT2D eigenvalue weighted by Gasteiger charge is -2.34. The Morgan fingerprint density at radius 2 is 1.82 bits per heavy atom. The quantitative estimate of drug-likeness (QED) is 0.904. The van der Waals surface area contributed by atoms with Crippen molar-refractivity contribution < 1.29 is 4.79 Å². The molecule has 1 aromatic rings. The maximum Gasteiger partial charge on any atom is 0.317 e. The van der Waals surface area contributed by atoms with Gasteiger partial charge in [0.25, 0.3) is 0 Å². The molecule has 1 aliphatic rings. The van der Waals surface area contributed by atoms with E-state index in [1.807, 2.05) is 17.0 Å². The Hall–Kier alpha value is -1.26. The van der Waals surface area contributed by atoms with E-state index >= 15 is 0 Å². The molecule has 1 N–H and O–H groups in total. The Labute approximate surface area is 138 Å². The number of hydrogen-bond donors (Lipinski definition) is 1. The van der Waals surface area contributed by atoms with Gasteiger partial charge in [-0.3, -0.25) is 4.90 Å². The molecule has 1 saturated heterocycles. The molecule has 5 heteroatoms. The lowest BCUT2D eigenvalue weighted by atomic mass is 10.1. The van der Waals surface area contributed by atoms with Crippen molar-refractivity contribution in [1.82, 2.24) is 15.1 Å². The van der Waals surface area contributed by atoms with Crippen LogP contribution in [-0.2, 0) is 6.42 Å². The summed E-state index contributed by atoms with van der Waals surface area (Å²) in [5.74, 6) is 0.490. The predicted octanol–water partition coefficient (Wildman–Crippen LogP) is 2.87. The van der Waals surface area contributed by atoms with Gasteiger partial charge in [-0.2, -0.15) is 0 Å². The highest BCUT2D eigenvalue weighted by atomic mass is 35.5. The van der Waals surface area contributed by atoms with Crippen LogP contribution < -0.4 is 5.32 Å². The van der Waals surface area contributed by atoms with Crippen LogP contribution in [0.15, 0.2) is 24.3 Å². The van der Waals surface area contributed by atoms with Crippen molar-refractivity contribution in [2.75, 3.05) is 39.3 Å². The summed E-state index contributed by atoms with van der Waals surface area (Å²) in [6.45, 7) is 9.50. The van der Waals surface area contributed by atoms with Gasteiger partial charge in [0.05, 0.1) is 0 Å². The third-order valence-electron chi connectivity index (χ3n) is 3.95. The van der Waals surface area contributed by atoms with Crippen LogP contribution in [0.3, 0.4) is 0 Å². The van der Waals surface area contributed by atoms with Gasteiger partial charge in [0.2, 0.25) is 0 Å². The third-order valence-corrected chi connectivity index (χ3v) is 4.20. The van der Waals surface area contributed by atoms with Crippen molar-refractivity contribution in [3.8, 4) is 0 Å². The molecule has 22 heavy (non-hydrogen) atoms. The van der Waals surface area contributed by atoms with E-state index in [2.05, 4.69) is 36.2 Å². The maximum atomic E-state index is 12.0. The molecule has 0 spiro atoms. The smallest absolute Gasteiger partial charge is 0.317 e. The summed E-state index contributed by atoms with van der Waals surface area (Å²) in [7, 11) is 0. The summed E-state index contributed by atoms with van der Waals surface area (Å²) < 4.78 is 0. The van der Waals surface area contributed by atoms with Gasteiger partial charge >= 0.3 is 6.03 Å². The van der Waals surface area contributed by atoms with Gasteiger partial charge in [0.15, 0.2) is 0 Å². The zero-order valence-corrected chi connectivity index (χ0v) is 14.3. The first-order valence-electron chi connectivity index (χ1n) is 8.04. The SMILES string of the molecule is CC(C)CNC(=O)N1CCN(CCc2ccc(Cl)cc2)CC1. The number of rotatable bonds is 5. The molecule has 1 heterocycles. The van der Waals surface area contributed by atoms with Crippen LogP contribution >= 0.6 is 11.6 Å². The molecule has 0 aliphatic carbocycles. The van der Waals surface area contributed by atoms with Crippen LogP contribution in [0.2, 0.25) is 5.02 Å². The Kier molecular flexibility index (Phi) is 6.52. The van der Waals surface area contributed by atoms with E-state index in [0.717, 1.165) is 50.7 Å². The highest BCUT2D eigenvalue weighted by molar-refractivity contribution is 6.30. The Bertz CT molecular complexity index is 467. The van der Waals surface area contributed by atoms with Gasteiger partial charge < -0.3 is 10.2 Å². The van der Waals surface area contributed by atoms with Crippen molar-refractivity contribution in [1.29, 1.82) is 0 Å². The van der Waals surface area contributed by atoms with E-state index in [9.17, 15) is 4.79 Å². The van der Waals surface area contributed by atoms with Gasteiger partial charge in [-0.25, -0.2) is 4.79 Å². The van der Waals surface area contributed by atoms with Gasteiger partial charge in [-0.15, -0.1) is 0 Å². The monoisotopic (exact) mass is 323 g/mol. The molecule has 1 fully saturated rings. The van der Waals surface area contributed by atoms with Crippen LogP contribution in [0.25, 0.3) is 0 Å². The molecule has 0 atom stereocenters. The number of nitrogens with one attached hydrogen (secondary N) is 1. The topological polar surface area (TPSA) is 35.6 Å². The van der Waals surface area contributed by atoms with Crippen LogP contribution in [0.5, 0.6) is 0 Å². The molecule has 0 saturated carbocycles. The number of amides is 2. The minimum absolute atomic E-state index is 0.0750. The Morgan fingerprint density at radius 1 is 1.18 bits per heavy atom. The zero-order chi connectivity index (χ0) is 15.9. The summed E-state index contributed by atoms with van der Waals surface area (Å²) in [5, 5.41) is 3.77. The molecule has 0 bridgehead atoms. The van der Waals surface area contributed by atoms with E-state index < -0.39 is 0 Å². The second-order valence-corrected chi connectivity index (χ2v) is 6.72. The second kappa shape index (κ2) is 8.39. The van der Waals surface area contributed by atoms with E-state index in [4.69, 9.17) is 11.6 Å². The molecule has 2 amide bonds. The van der Waals surface area contributed by atoms with Crippen molar-refractivity contribution in [2.24, 2.45) is 5.92 Å². The first kappa shape index (κ1) is 17.1. The highest BCUT2D eigenvalue weighted by Gasteiger charge is 2.20.